The zero-order valence-corrected chi connectivity index (χ0v) is 28.1. The van der Waals surface area contributed by atoms with E-state index in [1.54, 1.807) is 48.3 Å². The maximum Gasteiger partial charge on any atom is 0.255 e. The van der Waals surface area contributed by atoms with Crippen LogP contribution in [0.3, 0.4) is 0 Å². The van der Waals surface area contributed by atoms with Crippen molar-refractivity contribution in [2.75, 3.05) is 35.0 Å². The molecule has 0 unspecified atom stereocenters. The van der Waals surface area contributed by atoms with Crippen molar-refractivity contribution in [3.05, 3.63) is 47.5 Å². The molecule has 3 rings (SSSR count). The first-order valence-electron chi connectivity index (χ1n) is 15.5. The zero-order valence-electron chi connectivity index (χ0n) is 28.1. The number of methoxy groups -OCH3 is 3. The van der Waals surface area contributed by atoms with Crippen LogP contribution >= 0.6 is 0 Å². The molecule has 0 bridgehead atoms. The summed E-state index contributed by atoms with van der Waals surface area (Å²) in [5.41, 5.74) is 0.845. The standard InChI is InChI=1S/C34H48N4O8/c1-20(2)13-23-19-46-27-12-10-9-11-24(27)32(40)37-25(17-30(39)36-26(14-21(3)4)34(42)38(23)5)33(41)35-18-22-15-28(43-6)31(45-8)29(16-22)44-7/h9-12,15-16,20-21,23,25-26H,13-14,17-19H2,1-8H3,(H,35,41)(H,36,39)(H,37,40)/t23-,25-,26+/m0/s1. The number of amides is 4. The Morgan fingerprint density at radius 1 is 0.957 bits per heavy atom. The second-order valence-corrected chi connectivity index (χ2v) is 12.3. The van der Waals surface area contributed by atoms with E-state index in [2.05, 4.69) is 29.8 Å². The molecule has 2 aromatic rings. The number of hydrogen-bond donors (Lipinski definition) is 3. The number of rotatable bonds is 10. The highest BCUT2D eigenvalue weighted by molar-refractivity contribution is 6.01. The van der Waals surface area contributed by atoms with Crippen molar-refractivity contribution < 1.29 is 38.1 Å². The molecule has 12 nitrogen and oxygen atoms in total. The van der Waals surface area contributed by atoms with Gasteiger partial charge in [0.15, 0.2) is 11.5 Å². The van der Waals surface area contributed by atoms with E-state index in [4.69, 9.17) is 18.9 Å². The Morgan fingerprint density at radius 3 is 2.17 bits per heavy atom. The summed E-state index contributed by atoms with van der Waals surface area (Å²) >= 11 is 0. The van der Waals surface area contributed by atoms with Crippen molar-refractivity contribution in [2.24, 2.45) is 11.8 Å². The molecule has 0 spiro atoms. The minimum atomic E-state index is -1.26. The quantitative estimate of drug-likeness (QED) is 0.359. The SMILES string of the molecule is COc1cc(CNC(=O)[C@@H]2CC(=O)N[C@H](CC(C)C)C(=O)N(C)[C@@H](CC(C)C)COc3ccccc3C(=O)N2)cc(OC)c1OC. The van der Waals surface area contributed by atoms with Crippen molar-refractivity contribution in [1.82, 2.24) is 20.9 Å². The van der Waals surface area contributed by atoms with Gasteiger partial charge in [-0.15, -0.1) is 0 Å². The molecule has 3 N–H and O–H groups in total. The summed E-state index contributed by atoms with van der Waals surface area (Å²) in [6, 6.07) is 7.71. The molecule has 12 heteroatoms. The van der Waals surface area contributed by atoms with Crippen LogP contribution < -0.4 is 34.9 Å². The van der Waals surface area contributed by atoms with E-state index in [9.17, 15) is 19.2 Å². The van der Waals surface area contributed by atoms with Crippen molar-refractivity contribution in [3.8, 4) is 23.0 Å². The molecular formula is C34H48N4O8. The van der Waals surface area contributed by atoms with Gasteiger partial charge in [-0.05, 0) is 54.5 Å². The first-order valence-corrected chi connectivity index (χ1v) is 15.5. The minimum Gasteiger partial charge on any atom is -0.493 e. The molecule has 2 aromatic carbocycles. The fourth-order valence-corrected chi connectivity index (χ4v) is 5.40. The highest BCUT2D eigenvalue weighted by Gasteiger charge is 2.33. The van der Waals surface area contributed by atoms with Gasteiger partial charge in [-0.3, -0.25) is 19.2 Å². The number of fused-ring (bicyclic) bond motifs is 1. The van der Waals surface area contributed by atoms with Crippen LogP contribution in [0.15, 0.2) is 36.4 Å². The number of para-hydroxylation sites is 1. The van der Waals surface area contributed by atoms with E-state index in [1.165, 1.54) is 21.3 Å². The van der Waals surface area contributed by atoms with Gasteiger partial charge in [0.25, 0.3) is 5.91 Å². The van der Waals surface area contributed by atoms with Crippen LogP contribution in [-0.2, 0) is 20.9 Å². The Kier molecular flexibility index (Phi) is 13.1. The molecule has 1 heterocycles. The molecule has 0 radical (unpaired) electrons. The second-order valence-electron chi connectivity index (χ2n) is 12.3. The molecule has 1 aliphatic rings. The lowest BCUT2D eigenvalue weighted by molar-refractivity contribution is -0.138. The first-order chi connectivity index (χ1) is 21.9. The summed E-state index contributed by atoms with van der Waals surface area (Å²) in [5, 5.41) is 8.36. The fraction of sp³-hybridized carbons (Fsp3) is 0.529. The van der Waals surface area contributed by atoms with Gasteiger partial charge in [0.2, 0.25) is 23.5 Å². The van der Waals surface area contributed by atoms with Crippen LogP contribution in [0.4, 0.5) is 0 Å². The van der Waals surface area contributed by atoms with E-state index in [0.29, 0.717) is 41.4 Å². The summed E-state index contributed by atoms with van der Waals surface area (Å²) in [6.45, 7) is 8.24. The Bertz CT molecular complexity index is 1350. The largest absolute Gasteiger partial charge is 0.493 e. The Labute approximate surface area is 271 Å². The first kappa shape index (κ1) is 36.0. The third-order valence-corrected chi connectivity index (χ3v) is 7.74. The molecule has 0 saturated carbocycles. The number of ether oxygens (including phenoxy) is 4. The van der Waals surface area contributed by atoms with Crippen LogP contribution in [0.2, 0.25) is 0 Å². The highest BCUT2D eigenvalue weighted by atomic mass is 16.5. The molecule has 1 aliphatic heterocycles. The monoisotopic (exact) mass is 640 g/mol. The third-order valence-electron chi connectivity index (χ3n) is 7.74. The van der Waals surface area contributed by atoms with Gasteiger partial charge in [-0.25, -0.2) is 0 Å². The summed E-state index contributed by atoms with van der Waals surface area (Å²) in [6.07, 6.45) is 0.668. The Hall–Kier alpha value is -4.48. The molecule has 0 aromatic heterocycles. The van der Waals surface area contributed by atoms with E-state index in [0.717, 1.165) is 0 Å². The smallest absolute Gasteiger partial charge is 0.255 e. The molecule has 0 saturated heterocycles. The summed E-state index contributed by atoms with van der Waals surface area (Å²) in [5.74, 6) is -0.0414. The van der Waals surface area contributed by atoms with E-state index in [1.807, 2.05) is 13.8 Å². The minimum absolute atomic E-state index is 0.0414. The van der Waals surface area contributed by atoms with Crippen LogP contribution in [-0.4, -0.2) is 81.6 Å². The van der Waals surface area contributed by atoms with Gasteiger partial charge in [-0.1, -0.05) is 39.8 Å². The van der Waals surface area contributed by atoms with E-state index in [-0.39, 0.29) is 42.5 Å². The number of likely N-dealkylation sites (N-methyl/N-ethyl adjacent to an activating group) is 1. The maximum atomic E-state index is 13.8. The summed E-state index contributed by atoms with van der Waals surface area (Å²) < 4.78 is 22.4. The third kappa shape index (κ3) is 9.51. The van der Waals surface area contributed by atoms with Crippen LogP contribution in [0, 0.1) is 11.8 Å². The number of carbonyl (C=O) groups is 4. The number of nitrogens with one attached hydrogen (secondary N) is 3. The number of carbonyl (C=O) groups excluding carboxylic acids is 4. The number of hydrogen-bond acceptors (Lipinski definition) is 8. The van der Waals surface area contributed by atoms with Crippen LogP contribution in [0.25, 0.3) is 0 Å². The summed E-state index contributed by atoms with van der Waals surface area (Å²) in [4.78, 5) is 56.0. The second kappa shape index (κ2) is 16.7. The van der Waals surface area contributed by atoms with Gasteiger partial charge in [0.1, 0.15) is 24.4 Å². The van der Waals surface area contributed by atoms with Crippen LogP contribution in [0.5, 0.6) is 23.0 Å². The average Bonchev–Trinajstić information content (AvgIpc) is 3.02. The van der Waals surface area contributed by atoms with E-state index < -0.39 is 36.2 Å². The highest BCUT2D eigenvalue weighted by Crippen LogP contribution is 2.38. The Balaban J connectivity index is 1.95. The molecule has 0 fully saturated rings. The normalized spacial score (nSPS) is 19.4. The van der Waals surface area contributed by atoms with Crippen molar-refractivity contribution in [3.63, 3.8) is 0 Å². The molecular weight excluding hydrogens is 592 g/mol. The van der Waals surface area contributed by atoms with Crippen molar-refractivity contribution >= 4 is 23.6 Å². The van der Waals surface area contributed by atoms with Crippen molar-refractivity contribution in [2.45, 2.75) is 71.6 Å². The van der Waals surface area contributed by atoms with E-state index >= 15 is 0 Å². The molecule has 252 valence electrons. The van der Waals surface area contributed by atoms with Gasteiger partial charge in [-0.2, -0.15) is 0 Å². The van der Waals surface area contributed by atoms with Crippen molar-refractivity contribution in [1.29, 1.82) is 0 Å². The lowest BCUT2D eigenvalue weighted by Crippen LogP contribution is -2.54. The topological polar surface area (TPSA) is 145 Å². The Morgan fingerprint density at radius 2 is 1.59 bits per heavy atom. The maximum absolute atomic E-state index is 13.8. The molecule has 3 atom stereocenters. The molecule has 4 amide bonds. The predicted octanol–water partition coefficient (Wildman–Crippen LogP) is 3.31. The molecule has 0 aliphatic carbocycles. The fourth-order valence-electron chi connectivity index (χ4n) is 5.40. The van der Waals surface area contributed by atoms with Gasteiger partial charge >= 0.3 is 0 Å². The van der Waals surface area contributed by atoms with Crippen LogP contribution in [0.1, 0.15) is 62.9 Å². The number of nitrogens with zero attached hydrogens (tertiary/aromatic N) is 1. The predicted molar refractivity (Wildman–Crippen MR) is 173 cm³/mol. The lowest BCUT2D eigenvalue weighted by Gasteiger charge is -2.33. The lowest BCUT2D eigenvalue weighted by atomic mass is 9.99. The van der Waals surface area contributed by atoms with Gasteiger partial charge < -0.3 is 39.8 Å². The molecule has 46 heavy (non-hydrogen) atoms. The van der Waals surface area contributed by atoms with Gasteiger partial charge in [0.05, 0.1) is 39.4 Å². The summed E-state index contributed by atoms with van der Waals surface area (Å²) in [7, 11) is 6.18. The zero-order chi connectivity index (χ0) is 34.0. The average molecular weight is 641 g/mol. The number of benzene rings is 2. The van der Waals surface area contributed by atoms with Gasteiger partial charge in [0, 0.05) is 13.6 Å².